The number of pyridine rings is 1. The van der Waals surface area contributed by atoms with Crippen LogP contribution in [0, 0.1) is 0 Å². The zero-order chi connectivity index (χ0) is 35.8. The summed E-state index contributed by atoms with van der Waals surface area (Å²) in [5.41, 5.74) is 5.62. The maximum absolute atomic E-state index is 11.6. The minimum absolute atomic E-state index is 0.00278. The third-order valence-corrected chi connectivity index (χ3v) is 9.08. The van der Waals surface area contributed by atoms with Crippen LogP contribution in [0.1, 0.15) is 49.3 Å². The molecule has 1 fully saturated rings. The van der Waals surface area contributed by atoms with Gasteiger partial charge >= 0.3 is 6.09 Å². The van der Waals surface area contributed by atoms with E-state index in [1.807, 2.05) is 42.5 Å². The van der Waals surface area contributed by atoms with Crippen LogP contribution >= 0.6 is 0 Å². The molecular weight excluding hydrogens is 642 g/mol. The van der Waals surface area contributed by atoms with Crippen LogP contribution in [0.15, 0.2) is 108 Å². The van der Waals surface area contributed by atoms with Gasteiger partial charge in [-0.1, -0.05) is 73.2 Å². The number of carboxylic acid groups (broad SMARTS) is 1. The summed E-state index contributed by atoms with van der Waals surface area (Å²) < 4.78 is 0. The maximum Gasteiger partial charge on any atom is 0.409 e. The molecule has 0 bridgehead atoms. The van der Waals surface area contributed by atoms with Gasteiger partial charge in [-0.15, -0.1) is 0 Å². The molecule has 0 saturated carbocycles. The average Bonchev–Trinajstić information content (AvgIpc) is 3.15. The van der Waals surface area contributed by atoms with Crippen LogP contribution in [0.25, 0.3) is 22.0 Å². The number of aliphatic hydroxyl groups excluding tert-OH is 1. The van der Waals surface area contributed by atoms with Crippen LogP contribution in [0.2, 0.25) is 0 Å². The fourth-order valence-electron chi connectivity index (χ4n) is 6.37. The van der Waals surface area contributed by atoms with Crippen molar-refractivity contribution < 1.29 is 20.1 Å². The predicted octanol–water partition coefficient (Wildman–Crippen LogP) is 7.22. The van der Waals surface area contributed by atoms with Gasteiger partial charge in [-0.05, 0) is 105 Å². The second-order valence-corrected chi connectivity index (χ2v) is 12.8. The van der Waals surface area contributed by atoms with E-state index in [-0.39, 0.29) is 11.3 Å². The van der Waals surface area contributed by atoms with E-state index in [0.717, 1.165) is 36.3 Å². The Balaban J connectivity index is 0.000000262. The van der Waals surface area contributed by atoms with Crippen LogP contribution in [0.5, 0.6) is 5.75 Å². The molecule has 1 aromatic heterocycles. The van der Waals surface area contributed by atoms with E-state index < -0.39 is 12.2 Å². The van der Waals surface area contributed by atoms with E-state index in [4.69, 9.17) is 5.11 Å². The van der Waals surface area contributed by atoms with Gasteiger partial charge in [0.2, 0.25) is 5.56 Å². The summed E-state index contributed by atoms with van der Waals surface area (Å²) in [6, 6.07) is 31.8. The summed E-state index contributed by atoms with van der Waals surface area (Å²) in [7, 11) is 0. The number of phenolic OH excluding ortho intramolecular Hbond substituents is 1. The minimum atomic E-state index is -1.05. The van der Waals surface area contributed by atoms with Gasteiger partial charge in [-0.3, -0.25) is 10.1 Å². The Morgan fingerprint density at radius 3 is 2.33 bits per heavy atom. The molecule has 1 atom stereocenters. The number of aromatic amines is 1. The molecule has 0 unspecified atom stereocenters. The standard InChI is InChI=1S/C28H38N4O3.C13H11NO2/c33-25-12-10-23(24-11-13-27(35)31-28(24)25)26(34)20-29-16-14-21-6-8-22(9-7-21)30-15-2-5-19-32-17-3-1-4-18-32;15-13(16)14-12-9-5-4-8-11(12)10-6-2-1-3-7-10/h6-13,26,29-30,33-34H,1-5,14-20H2,(H,31,35);1-9,14H,(H,15,16)/t26-;/m0./s1. The van der Waals surface area contributed by atoms with Crippen LogP contribution in [0.4, 0.5) is 16.2 Å². The molecule has 1 aliphatic rings. The molecule has 0 spiro atoms. The summed E-state index contributed by atoms with van der Waals surface area (Å²) in [5.74, 6) is -0.00278. The normalized spacial score (nSPS) is 13.6. The highest BCUT2D eigenvalue weighted by molar-refractivity contribution is 5.90. The first-order chi connectivity index (χ1) is 24.9. The maximum atomic E-state index is 11.6. The summed E-state index contributed by atoms with van der Waals surface area (Å²) in [6.07, 6.45) is 5.63. The largest absolute Gasteiger partial charge is 0.506 e. The highest BCUT2D eigenvalue weighted by Crippen LogP contribution is 2.29. The number of fused-ring (bicyclic) bond motifs is 1. The number of anilines is 2. The number of rotatable bonds is 14. The molecule has 1 aliphatic heterocycles. The number of phenols is 1. The quantitative estimate of drug-likeness (QED) is 0.0604. The number of aromatic hydroxyl groups is 1. The first kappa shape index (κ1) is 37.1. The zero-order valence-corrected chi connectivity index (χ0v) is 29.0. The summed E-state index contributed by atoms with van der Waals surface area (Å²) >= 11 is 0. The van der Waals surface area contributed by atoms with Crippen LogP contribution in [0.3, 0.4) is 0 Å². The second-order valence-electron chi connectivity index (χ2n) is 12.8. The first-order valence-electron chi connectivity index (χ1n) is 17.8. The number of aliphatic hydroxyl groups is 1. The van der Waals surface area contributed by atoms with Crippen molar-refractivity contribution >= 4 is 28.4 Å². The Hall–Kier alpha value is -5.16. The topological polar surface area (TPSA) is 150 Å². The Morgan fingerprint density at radius 1 is 0.824 bits per heavy atom. The lowest BCUT2D eigenvalue weighted by Gasteiger charge is -2.26. The van der Waals surface area contributed by atoms with Gasteiger partial charge < -0.3 is 35.8 Å². The summed E-state index contributed by atoms with van der Waals surface area (Å²) in [4.78, 5) is 27.4. The fraction of sp³-hybridized carbons (Fsp3) is 0.317. The molecule has 4 aromatic carbocycles. The first-order valence-corrected chi connectivity index (χ1v) is 17.8. The Morgan fingerprint density at radius 2 is 1.57 bits per heavy atom. The predicted molar refractivity (Wildman–Crippen MR) is 206 cm³/mol. The molecule has 0 aliphatic carbocycles. The van der Waals surface area contributed by atoms with E-state index in [2.05, 4.69) is 50.1 Å². The molecule has 7 N–H and O–H groups in total. The van der Waals surface area contributed by atoms with Crippen molar-refractivity contribution in [2.45, 2.75) is 44.6 Å². The molecule has 6 rings (SSSR count). The van der Waals surface area contributed by atoms with Gasteiger partial charge in [-0.25, -0.2) is 4.79 Å². The molecule has 2 heterocycles. The fourth-order valence-corrected chi connectivity index (χ4v) is 6.37. The van der Waals surface area contributed by atoms with Crippen molar-refractivity contribution in [2.75, 3.05) is 49.9 Å². The van der Waals surface area contributed by atoms with E-state index in [0.29, 0.717) is 28.7 Å². The number of amides is 1. The lowest BCUT2D eigenvalue weighted by Crippen LogP contribution is -2.30. The molecule has 51 heavy (non-hydrogen) atoms. The van der Waals surface area contributed by atoms with Crippen molar-refractivity contribution in [2.24, 2.45) is 0 Å². The van der Waals surface area contributed by atoms with Crippen molar-refractivity contribution in [3.05, 3.63) is 125 Å². The number of carbonyl (C=O) groups is 1. The number of hydrogen-bond acceptors (Lipinski definition) is 7. The monoisotopic (exact) mass is 691 g/mol. The molecule has 0 radical (unpaired) electrons. The number of aromatic nitrogens is 1. The lowest BCUT2D eigenvalue weighted by molar-refractivity contribution is 0.176. The van der Waals surface area contributed by atoms with Gasteiger partial charge in [0.05, 0.1) is 17.3 Å². The van der Waals surface area contributed by atoms with Gasteiger partial charge in [-0.2, -0.15) is 0 Å². The Labute approximate surface area is 299 Å². The van der Waals surface area contributed by atoms with Gasteiger partial charge in [0.15, 0.2) is 0 Å². The van der Waals surface area contributed by atoms with Crippen LogP contribution < -0.4 is 21.5 Å². The van der Waals surface area contributed by atoms with Crippen molar-refractivity contribution in [3.8, 4) is 16.9 Å². The smallest absolute Gasteiger partial charge is 0.409 e. The van der Waals surface area contributed by atoms with E-state index >= 15 is 0 Å². The molecular formula is C41H49N5O5. The molecule has 268 valence electrons. The van der Waals surface area contributed by atoms with E-state index in [9.17, 15) is 19.8 Å². The molecule has 5 aromatic rings. The number of hydrogen-bond donors (Lipinski definition) is 7. The Bertz CT molecular complexity index is 1870. The molecule has 1 saturated heterocycles. The summed E-state index contributed by atoms with van der Waals surface area (Å²) in [5, 5.41) is 39.3. The molecule has 10 nitrogen and oxygen atoms in total. The van der Waals surface area contributed by atoms with Crippen LogP contribution in [-0.4, -0.2) is 70.6 Å². The number of nitrogens with zero attached hydrogens (tertiary/aromatic N) is 1. The number of para-hydroxylation sites is 1. The zero-order valence-electron chi connectivity index (χ0n) is 29.0. The third kappa shape index (κ3) is 11.4. The molecule has 10 heteroatoms. The third-order valence-electron chi connectivity index (χ3n) is 9.08. The number of unbranched alkanes of at least 4 members (excludes halogenated alkanes) is 1. The number of likely N-dealkylation sites (tertiary alicyclic amines) is 1. The number of H-pyrrole nitrogens is 1. The highest BCUT2D eigenvalue weighted by Gasteiger charge is 2.14. The van der Waals surface area contributed by atoms with Gasteiger partial charge in [0.1, 0.15) is 5.75 Å². The lowest BCUT2D eigenvalue weighted by atomic mass is 10.0. The van der Waals surface area contributed by atoms with Gasteiger partial charge in [0.25, 0.3) is 0 Å². The van der Waals surface area contributed by atoms with E-state index in [1.54, 1.807) is 24.3 Å². The second kappa shape index (κ2) is 19.3. The number of piperidine rings is 1. The SMILES string of the molecule is O=C(O)Nc1ccccc1-c1ccccc1.O=c1ccc2c([C@@H](O)CNCCc3ccc(NCCCCN4CCCCC4)cc3)ccc(O)c2[nH]1. The number of nitrogens with one attached hydrogen (secondary N) is 4. The Kier molecular flexibility index (Phi) is 14.0. The highest BCUT2D eigenvalue weighted by atomic mass is 16.4. The van der Waals surface area contributed by atoms with Crippen molar-refractivity contribution in [1.82, 2.24) is 15.2 Å². The number of benzene rings is 4. The van der Waals surface area contributed by atoms with E-state index in [1.165, 1.54) is 69.4 Å². The van der Waals surface area contributed by atoms with Crippen molar-refractivity contribution in [3.63, 3.8) is 0 Å². The van der Waals surface area contributed by atoms with Crippen LogP contribution in [-0.2, 0) is 6.42 Å². The van der Waals surface area contributed by atoms with Crippen molar-refractivity contribution in [1.29, 1.82) is 0 Å². The molecule has 1 amide bonds. The minimum Gasteiger partial charge on any atom is -0.506 e. The summed E-state index contributed by atoms with van der Waals surface area (Å²) in [6.45, 7) is 5.91. The average molecular weight is 692 g/mol. The van der Waals surface area contributed by atoms with Gasteiger partial charge in [0, 0.05) is 35.8 Å².